The number of hydrogen-bond acceptors (Lipinski definition) is 4. The van der Waals surface area contributed by atoms with Gasteiger partial charge in [-0.3, -0.25) is 8.87 Å². The van der Waals surface area contributed by atoms with Gasteiger partial charge in [0, 0.05) is 19.7 Å². The van der Waals surface area contributed by atoms with Gasteiger partial charge in [-0.25, -0.2) is 13.2 Å². The number of anilines is 1. The lowest BCUT2D eigenvalue weighted by atomic mass is 10.0. The summed E-state index contributed by atoms with van der Waals surface area (Å²) in [5.74, 6) is -0.145. The third-order valence-electron chi connectivity index (χ3n) is 4.63. The zero-order valence-electron chi connectivity index (χ0n) is 16.0. The normalized spacial score (nSPS) is 12.0. The minimum atomic E-state index is -3.78. The molecule has 2 aromatic carbocycles. The van der Waals surface area contributed by atoms with Crippen LogP contribution in [-0.2, 0) is 17.1 Å². The first-order valence-corrected chi connectivity index (χ1v) is 10.4. The molecule has 0 amide bonds. The lowest BCUT2D eigenvalue weighted by molar-refractivity contribution is 0.527. The van der Waals surface area contributed by atoms with E-state index in [0.29, 0.717) is 30.1 Å². The van der Waals surface area contributed by atoms with Crippen molar-refractivity contribution in [3.05, 3.63) is 58.6 Å². The van der Waals surface area contributed by atoms with Crippen LogP contribution in [0.3, 0.4) is 0 Å². The lowest BCUT2D eigenvalue weighted by Crippen LogP contribution is -2.31. The maximum atomic E-state index is 13.3. The van der Waals surface area contributed by atoms with E-state index in [1.807, 2.05) is 31.2 Å². The van der Waals surface area contributed by atoms with E-state index in [0.717, 1.165) is 5.56 Å². The summed E-state index contributed by atoms with van der Waals surface area (Å²) < 4.78 is 34.4. The van der Waals surface area contributed by atoms with Gasteiger partial charge < -0.3 is 4.42 Å². The van der Waals surface area contributed by atoms with E-state index < -0.39 is 15.8 Å². The first kappa shape index (κ1) is 19.2. The number of hydrogen-bond donors (Lipinski definition) is 0. The summed E-state index contributed by atoms with van der Waals surface area (Å²) >= 11 is 0. The highest BCUT2D eigenvalue weighted by Crippen LogP contribution is 2.27. The minimum absolute atomic E-state index is 0.103. The average Bonchev–Trinajstić information content (AvgIpc) is 2.93. The van der Waals surface area contributed by atoms with Crippen LogP contribution in [0.4, 0.5) is 5.69 Å². The summed E-state index contributed by atoms with van der Waals surface area (Å²) in [6.07, 6.45) is 0.674. The van der Waals surface area contributed by atoms with E-state index in [-0.39, 0.29) is 10.5 Å². The Morgan fingerprint density at radius 2 is 1.78 bits per heavy atom. The molecule has 27 heavy (non-hydrogen) atoms. The van der Waals surface area contributed by atoms with Crippen molar-refractivity contribution in [3.8, 4) is 0 Å². The Kier molecular flexibility index (Phi) is 5.15. The Balaban J connectivity index is 2.07. The summed E-state index contributed by atoms with van der Waals surface area (Å²) in [6, 6.07) is 12.1. The van der Waals surface area contributed by atoms with Crippen LogP contribution < -0.4 is 10.1 Å². The highest BCUT2D eigenvalue weighted by molar-refractivity contribution is 7.92. The van der Waals surface area contributed by atoms with E-state index in [2.05, 4.69) is 13.8 Å². The first-order chi connectivity index (χ1) is 12.8. The Morgan fingerprint density at radius 1 is 1.11 bits per heavy atom. The zero-order valence-corrected chi connectivity index (χ0v) is 16.8. The Labute approximate surface area is 159 Å². The third-order valence-corrected chi connectivity index (χ3v) is 6.45. The Hall–Kier alpha value is -2.54. The molecule has 3 aromatic rings. The van der Waals surface area contributed by atoms with Gasteiger partial charge >= 0.3 is 5.76 Å². The SMILES string of the molecule is CCCN(c1ccc(C(C)C)cc1)S(=O)(=O)c1ccc2c(c1)oc(=O)n2C. The van der Waals surface area contributed by atoms with Crippen molar-refractivity contribution in [2.24, 2.45) is 7.05 Å². The fourth-order valence-electron chi connectivity index (χ4n) is 3.02. The predicted molar refractivity (Wildman–Crippen MR) is 107 cm³/mol. The van der Waals surface area contributed by atoms with Gasteiger partial charge in [0.25, 0.3) is 10.0 Å². The number of aryl methyl sites for hydroxylation is 1. The molecule has 0 unspecified atom stereocenters. The van der Waals surface area contributed by atoms with Crippen molar-refractivity contribution in [2.45, 2.75) is 38.0 Å². The molecular weight excluding hydrogens is 364 g/mol. The van der Waals surface area contributed by atoms with Crippen LogP contribution >= 0.6 is 0 Å². The number of aromatic nitrogens is 1. The smallest absolute Gasteiger partial charge is 0.408 e. The molecule has 0 N–H and O–H groups in total. The summed E-state index contributed by atoms with van der Waals surface area (Å²) in [5, 5.41) is 0. The molecule has 0 spiro atoms. The average molecular weight is 388 g/mol. The number of rotatable bonds is 6. The van der Waals surface area contributed by atoms with Gasteiger partial charge in [0.05, 0.1) is 16.1 Å². The summed E-state index contributed by atoms with van der Waals surface area (Å²) in [4.78, 5) is 11.8. The minimum Gasteiger partial charge on any atom is -0.408 e. The summed E-state index contributed by atoms with van der Waals surface area (Å²) in [5.41, 5.74) is 2.59. The molecule has 0 atom stereocenters. The lowest BCUT2D eigenvalue weighted by Gasteiger charge is -2.24. The van der Waals surface area contributed by atoms with Crippen LogP contribution in [0.1, 0.15) is 38.7 Å². The van der Waals surface area contributed by atoms with Gasteiger partial charge in [0.15, 0.2) is 5.58 Å². The van der Waals surface area contributed by atoms with Crippen molar-refractivity contribution in [2.75, 3.05) is 10.8 Å². The molecule has 7 heteroatoms. The summed E-state index contributed by atoms with van der Waals surface area (Å²) in [6.45, 7) is 6.49. The number of oxazole rings is 1. The van der Waals surface area contributed by atoms with Crippen LogP contribution in [0, 0.1) is 0 Å². The molecule has 0 radical (unpaired) electrons. The van der Waals surface area contributed by atoms with Gasteiger partial charge in [0.2, 0.25) is 0 Å². The highest BCUT2D eigenvalue weighted by Gasteiger charge is 2.25. The monoisotopic (exact) mass is 388 g/mol. The van der Waals surface area contributed by atoms with E-state index in [1.54, 1.807) is 13.1 Å². The number of benzene rings is 2. The van der Waals surface area contributed by atoms with Crippen molar-refractivity contribution in [3.63, 3.8) is 0 Å². The van der Waals surface area contributed by atoms with E-state index in [9.17, 15) is 13.2 Å². The van der Waals surface area contributed by atoms with Gasteiger partial charge in [-0.1, -0.05) is 32.9 Å². The fraction of sp³-hybridized carbons (Fsp3) is 0.350. The highest BCUT2D eigenvalue weighted by atomic mass is 32.2. The van der Waals surface area contributed by atoms with Crippen LogP contribution in [-0.4, -0.2) is 19.5 Å². The van der Waals surface area contributed by atoms with Crippen molar-refractivity contribution >= 4 is 26.8 Å². The maximum absolute atomic E-state index is 13.3. The largest absolute Gasteiger partial charge is 0.419 e. The second kappa shape index (κ2) is 7.23. The third kappa shape index (κ3) is 3.51. The van der Waals surface area contributed by atoms with Crippen LogP contribution in [0.5, 0.6) is 0 Å². The Morgan fingerprint density at radius 3 is 2.37 bits per heavy atom. The second-order valence-corrected chi connectivity index (χ2v) is 8.74. The first-order valence-electron chi connectivity index (χ1n) is 8.98. The number of sulfonamides is 1. The van der Waals surface area contributed by atoms with Gasteiger partial charge in [0.1, 0.15) is 0 Å². The molecule has 0 fully saturated rings. The molecule has 0 bridgehead atoms. The van der Waals surface area contributed by atoms with Crippen molar-refractivity contribution < 1.29 is 12.8 Å². The quantitative estimate of drug-likeness (QED) is 0.643. The molecule has 0 saturated carbocycles. The van der Waals surface area contributed by atoms with Crippen LogP contribution in [0.2, 0.25) is 0 Å². The number of fused-ring (bicyclic) bond motifs is 1. The molecule has 1 heterocycles. The molecule has 1 aromatic heterocycles. The van der Waals surface area contributed by atoms with Crippen molar-refractivity contribution in [1.29, 1.82) is 0 Å². The molecular formula is C20H24N2O4S. The van der Waals surface area contributed by atoms with E-state index in [4.69, 9.17) is 4.42 Å². The van der Waals surface area contributed by atoms with Crippen molar-refractivity contribution in [1.82, 2.24) is 4.57 Å². The maximum Gasteiger partial charge on any atom is 0.419 e. The van der Waals surface area contributed by atoms with Crippen LogP contribution in [0.15, 0.2) is 56.6 Å². The molecule has 0 aliphatic rings. The topological polar surface area (TPSA) is 72.5 Å². The predicted octanol–water partition coefficient (Wildman–Crippen LogP) is 3.86. The van der Waals surface area contributed by atoms with Gasteiger partial charge in [-0.05, 0) is 42.2 Å². The molecule has 3 rings (SSSR count). The van der Waals surface area contributed by atoms with Gasteiger partial charge in [-0.15, -0.1) is 0 Å². The molecule has 6 nitrogen and oxygen atoms in total. The molecule has 0 aliphatic heterocycles. The number of nitrogens with zero attached hydrogens (tertiary/aromatic N) is 2. The van der Waals surface area contributed by atoms with Crippen LogP contribution in [0.25, 0.3) is 11.1 Å². The van der Waals surface area contributed by atoms with E-state index in [1.165, 1.54) is 21.0 Å². The van der Waals surface area contributed by atoms with E-state index >= 15 is 0 Å². The van der Waals surface area contributed by atoms with Gasteiger partial charge in [-0.2, -0.15) is 0 Å². The fourth-order valence-corrected chi connectivity index (χ4v) is 4.59. The zero-order chi connectivity index (χ0) is 19.8. The standard InChI is InChI=1S/C20H24N2O4S/c1-5-12-22(16-8-6-15(7-9-16)14(2)3)27(24,25)17-10-11-18-19(13-17)26-20(23)21(18)4/h6-11,13-14H,5,12H2,1-4H3. The molecule has 144 valence electrons. The summed E-state index contributed by atoms with van der Waals surface area (Å²) in [7, 11) is -2.20. The second-order valence-electron chi connectivity index (χ2n) is 6.88. The Bertz CT molecular complexity index is 1110. The molecule has 0 saturated heterocycles. The molecule has 0 aliphatic carbocycles.